The van der Waals surface area contributed by atoms with Gasteiger partial charge in [0.1, 0.15) is 6.10 Å². The molecule has 0 saturated carbocycles. The molecule has 1 unspecified atom stereocenters. The zero-order valence-corrected chi connectivity index (χ0v) is 12.4. The van der Waals surface area contributed by atoms with Crippen molar-refractivity contribution in [2.45, 2.75) is 25.4 Å². The van der Waals surface area contributed by atoms with Crippen LogP contribution in [-0.2, 0) is 12.8 Å². The van der Waals surface area contributed by atoms with E-state index in [2.05, 4.69) is 11.2 Å². The molecule has 0 spiro atoms. The van der Waals surface area contributed by atoms with Gasteiger partial charge in [-0.05, 0) is 49.1 Å². The molecule has 0 amide bonds. The van der Waals surface area contributed by atoms with Gasteiger partial charge in [-0.25, -0.2) is 4.68 Å². The second-order valence-electron chi connectivity index (χ2n) is 5.36. The van der Waals surface area contributed by atoms with Gasteiger partial charge in [0.25, 0.3) is 0 Å². The van der Waals surface area contributed by atoms with Crippen molar-refractivity contribution in [3.8, 4) is 5.69 Å². The van der Waals surface area contributed by atoms with Crippen molar-refractivity contribution in [3.05, 3.63) is 69.7 Å². The second-order valence-corrected chi connectivity index (χ2v) is 6.53. The number of benzene rings is 1. The molecule has 0 aliphatic heterocycles. The topological polar surface area (TPSA) is 38.1 Å². The highest BCUT2D eigenvalue weighted by Crippen LogP contribution is 2.36. The van der Waals surface area contributed by atoms with Gasteiger partial charge in [0.15, 0.2) is 0 Å². The van der Waals surface area contributed by atoms with Gasteiger partial charge in [-0.2, -0.15) is 5.10 Å². The highest BCUT2D eigenvalue weighted by Gasteiger charge is 2.22. The maximum absolute atomic E-state index is 10.7. The predicted octanol–water partition coefficient (Wildman–Crippen LogP) is 3.50. The SMILES string of the molecule is OC(c1cc2c(s1)CCC2)c1ccnn1-c1ccccc1. The predicted molar refractivity (Wildman–Crippen MR) is 84.0 cm³/mol. The highest BCUT2D eigenvalue weighted by atomic mass is 32.1. The number of aliphatic hydroxyl groups is 1. The van der Waals surface area contributed by atoms with E-state index in [0.29, 0.717) is 0 Å². The summed E-state index contributed by atoms with van der Waals surface area (Å²) >= 11 is 1.74. The number of para-hydroxylation sites is 1. The van der Waals surface area contributed by atoms with E-state index in [4.69, 9.17) is 0 Å². The van der Waals surface area contributed by atoms with E-state index in [1.807, 2.05) is 41.1 Å². The lowest BCUT2D eigenvalue weighted by atomic mass is 10.1. The van der Waals surface area contributed by atoms with E-state index >= 15 is 0 Å². The van der Waals surface area contributed by atoms with Crippen molar-refractivity contribution in [2.24, 2.45) is 0 Å². The zero-order valence-electron chi connectivity index (χ0n) is 11.6. The van der Waals surface area contributed by atoms with Crippen LogP contribution in [0, 0.1) is 0 Å². The van der Waals surface area contributed by atoms with Crippen LogP contribution in [-0.4, -0.2) is 14.9 Å². The molecule has 3 aromatic rings. The molecule has 0 radical (unpaired) electrons. The monoisotopic (exact) mass is 296 g/mol. The Morgan fingerprint density at radius 2 is 2.00 bits per heavy atom. The van der Waals surface area contributed by atoms with Gasteiger partial charge in [-0.3, -0.25) is 0 Å². The van der Waals surface area contributed by atoms with Crippen LogP contribution in [0.15, 0.2) is 48.7 Å². The first-order chi connectivity index (χ1) is 10.3. The minimum absolute atomic E-state index is 0.608. The molecule has 1 N–H and O–H groups in total. The van der Waals surface area contributed by atoms with E-state index in [9.17, 15) is 5.11 Å². The minimum atomic E-state index is -0.608. The average Bonchev–Trinajstić information content (AvgIpc) is 3.22. The summed E-state index contributed by atoms with van der Waals surface area (Å²) in [6.45, 7) is 0. The molecule has 4 rings (SSSR count). The summed E-state index contributed by atoms with van der Waals surface area (Å²) < 4.78 is 1.81. The van der Waals surface area contributed by atoms with Crippen molar-refractivity contribution in [3.63, 3.8) is 0 Å². The standard InChI is InChI=1S/C17H16N2OS/c20-17(16-11-12-5-4-8-15(12)21-16)14-9-10-18-19(14)13-6-2-1-3-7-13/h1-3,6-7,9-11,17,20H,4-5,8H2. The van der Waals surface area contributed by atoms with E-state index < -0.39 is 6.10 Å². The second kappa shape index (κ2) is 5.13. The molecule has 2 aromatic heterocycles. The first-order valence-corrected chi connectivity index (χ1v) is 8.03. The summed E-state index contributed by atoms with van der Waals surface area (Å²) in [6, 6.07) is 14.0. The summed E-state index contributed by atoms with van der Waals surface area (Å²) in [5, 5.41) is 15.1. The van der Waals surface area contributed by atoms with Crippen LogP contribution in [0.2, 0.25) is 0 Å². The molecule has 0 fully saturated rings. The average molecular weight is 296 g/mol. The summed E-state index contributed by atoms with van der Waals surface area (Å²) in [6.07, 6.45) is 4.69. The Bertz CT molecular complexity index is 739. The molecule has 4 heteroatoms. The molecule has 3 nitrogen and oxygen atoms in total. The fourth-order valence-corrected chi connectivity index (χ4v) is 4.19. The number of aryl methyl sites for hydroxylation is 2. The summed E-state index contributed by atoms with van der Waals surface area (Å²) in [5.74, 6) is 0. The van der Waals surface area contributed by atoms with Crippen LogP contribution in [0.5, 0.6) is 0 Å². The number of nitrogens with zero attached hydrogens (tertiary/aromatic N) is 2. The van der Waals surface area contributed by atoms with E-state index in [1.54, 1.807) is 17.5 Å². The van der Waals surface area contributed by atoms with Gasteiger partial charge >= 0.3 is 0 Å². The Morgan fingerprint density at radius 3 is 2.81 bits per heavy atom. The highest BCUT2D eigenvalue weighted by molar-refractivity contribution is 7.12. The molecule has 0 bridgehead atoms. The molecule has 21 heavy (non-hydrogen) atoms. The summed E-state index contributed by atoms with van der Waals surface area (Å²) in [4.78, 5) is 2.47. The summed E-state index contributed by atoms with van der Waals surface area (Å²) in [7, 11) is 0. The number of aliphatic hydroxyl groups excluding tert-OH is 1. The van der Waals surface area contributed by atoms with E-state index in [1.165, 1.54) is 16.9 Å². The maximum Gasteiger partial charge on any atom is 0.130 e. The van der Waals surface area contributed by atoms with Gasteiger partial charge in [-0.1, -0.05) is 18.2 Å². The molecule has 106 valence electrons. The van der Waals surface area contributed by atoms with Crippen LogP contribution >= 0.6 is 11.3 Å². The summed E-state index contributed by atoms with van der Waals surface area (Å²) in [5.41, 5.74) is 3.21. The number of aromatic nitrogens is 2. The smallest absolute Gasteiger partial charge is 0.130 e. The normalized spacial score (nSPS) is 15.1. The molecule has 1 aliphatic carbocycles. The first-order valence-electron chi connectivity index (χ1n) is 7.22. The third kappa shape index (κ3) is 2.20. The van der Waals surface area contributed by atoms with Gasteiger partial charge < -0.3 is 5.11 Å². The molecule has 0 saturated heterocycles. The Labute approximate surface area is 127 Å². The van der Waals surface area contributed by atoms with Crippen molar-refractivity contribution < 1.29 is 5.11 Å². The Kier molecular flexibility index (Phi) is 3.13. The number of hydrogen-bond donors (Lipinski definition) is 1. The third-order valence-electron chi connectivity index (χ3n) is 3.99. The van der Waals surface area contributed by atoms with Crippen molar-refractivity contribution in [2.75, 3.05) is 0 Å². The number of rotatable bonds is 3. The fraction of sp³-hybridized carbons (Fsp3) is 0.235. The van der Waals surface area contributed by atoms with Gasteiger partial charge in [0, 0.05) is 16.0 Å². The van der Waals surface area contributed by atoms with E-state index in [-0.39, 0.29) is 0 Å². The molecule has 1 atom stereocenters. The van der Waals surface area contributed by atoms with Crippen molar-refractivity contribution >= 4 is 11.3 Å². The van der Waals surface area contributed by atoms with E-state index in [0.717, 1.165) is 29.1 Å². The van der Waals surface area contributed by atoms with Crippen molar-refractivity contribution in [1.82, 2.24) is 9.78 Å². The van der Waals surface area contributed by atoms with Crippen LogP contribution in [0.25, 0.3) is 5.69 Å². The number of hydrogen-bond acceptors (Lipinski definition) is 3. The largest absolute Gasteiger partial charge is 0.381 e. The molecule has 1 aromatic carbocycles. The quantitative estimate of drug-likeness (QED) is 0.803. The lowest BCUT2D eigenvalue weighted by Crippen LogP contribution is -2.07. The van der Waals surface area contributed by atoms with Gasteiger partial charge in [0.05, 0.1) is 11.4 Å². The van der Waals surface area contributed by atoms with Crippen LogP contribution in [0.3, 0.4) is 0 Å². The number of thiophene rings is 1. The van der Waals surface area contributed by atoms with Gasteiger partial charge in [-0.15, -0.1) is 11.3 Å². The first kappa shape index (κ1) is 12.8. The Balaban J connectivity index is 1.72. The number of fused-ring (bicyclic) bond motifs is 1. The molecule has 2 heterocycles. The molecular formula is C17H16N2OS. The Morgan fingerprint density at radius 1 is 1.14 bits per heavy atom. The lowest BCUT2D eigenvalue weighted by Gasteiger charge is -2.12. The maximum atomic E-state index is 10.7. The van der Waals surface area contributed by atoms with Crippen molar-refractivity contribution in [1.29, 1.82) is 0 Å². The van der Waals surface area contributed by atoms with Crippen LogP contribution in [0.1, 0.15) is 33.5 Å². The molecular weight excluding hydrogens is 280 g/mol. The lowest BCUT2D eigenvalue weighted by molar-refractivity contribution is 0.215. The third-order valence-corrected chi connectivity index (χ3v) is 5.28. The van der Waals surface area contributed by atoms with Gasteiger partial charge in [0.2, 0.25) is 0 Å². The van der Waals surface area contributed by atoms with Crippen LogP contribution in [0.4, 0.5) is 0 Å². The molecule has 1 aliphatic rings. The minimum Gasteiger partial charge on any atom is -0.381 e. The Hall–Kier alpha value is -1.91. The van der Waals surface area contributed by atoms with Crippen LogP contribution < -0.4 is 0 Å². The fourth-order valence-electron chi connectivity index (χ4n) is 2.94. The zero-order chi connectivity index (χ0) is 14.2.